The van der Waals surface area contributed by atoms with Crippen LogP contribution in [0.1, 0.15) is 50.1 Å². The van der Waals surface area contributed by atoms with Gasteiger partial charge in [-0.3, -0.25) is 5.10 Å². The van der Waals surface area contributed by atoms with Gasteiger partial charge in [-0.25, -0.2) is 4.98 Å². The minimum atomic E-state index is 0.0477. The van der Waals surface area contributed by atoms with Gasteiger partial charge in [-0.2, -0.15) is 10.1 Å². The number of nitrogens with zero attached hydrogens (tertiary/aromatic N) is 4. The monoisotopic (exact) mass is 437 g/mol. The van der Waals surface area contributed by atoms with E-state index >= 15 is 0 Å². The molecule has 3 atom stereocenters. The Labute approximate surface area is 184 Å². The first kappa shape index (κ1) is 18.4. The fourth-order valence-electron chi connectivity index (χ4n) is 5.66. The number of hydrogen-bond acceptors (Lipinski definition) is 8. The molecule has 3 N–H and O–H groups in total. The van der Waals surface area contributed by atoms with E-state index in [4.69, 9.17) is 14.7 Å². The Kier molecular flexibility index (Phi) is 4.07. The van der Waals surface area contributed by atoms with E-state index in [1.54, 1.807) is 11.3 Å². The van der Waals surface area contributed by atoms with Crippen LogP contribution in [-0.4, -0.2) is 57.5 Å². The molecular formula is C22H27N7OS. The third kappa shape index (κ3) is 3.13. The van der Waals surface area contributed by atoms with E-state index in [9.17, 15) is 0 Å². The summed E-state index contributed by atoms with van der Waals surface area (Å²) in [7, 11) is 0. The molecule has 1 saturated carbocycles. The van der Waals surface area contributed by atoms with Crippen molar-refractivity contribution >= 4 is 39.1 Å². The van der Waals surface area contributed by atoms with Crippen molar-refractivity contribution < 1.29 is 4.74 Å². The van der Waals surface area contributed by atoms with Crippen molar-refractivity contribution in [2.75, 3.05) is 29.9 Å². The predicted octanol–water partition coefficient (Wildman–Crippen LogP) is 3.53. The van der Waals surface area contributed by atoms with Crippen LogP contribution in [0.2, 0.25) is 0 Å². The third-order valence-electron chi connectivity index (χ3n) is 7.35. The standard InChI is InChI=1S/C22H27N7OS/c1-2-15(30-6-1)10-22-9-14(23-12-22)11-29(22)21-24-16-5-7-31-19(16)20(26-21)25-18-8-17(27-28-18)13-3-4-13/h5,7-8,13-15,23H,1-4,6,9-12H2,(H2,24,25,26,27,28)/t14-,15?,22-/m0/s1. The van der Waals surface area contributed by atoms with Crippen molar-refractivity contribution in [2.45, 2.75) is 62.1 Å². The first-order chi connectivity index (χ1) is 15.3. The van der Waals surface area contributed by atoms with Crippen LogP contribution in [0.5, 0.6) is 0 Å². The second-order valence-corrected chi connectivity index (χ2v) is 10.5. The first-order valence-corrected chi connectivity index (χ1v) is 12.3. The summed E-state index contributed by atoms with van der Waals surface area (Å²) in [5.41, 5.74) is 2.27. The normalized spacial score (nSPS) is 30.0. The van der Waals surface area contributed by atoms with Crippen LogP contribution < -0.4 is 15.5 Å². The minimum Gasteiger partial charge on any atom is -0.378 e. The Bertz CT molecular complexity index is 1120. The van der Waals surface area contributed by atoms with Crippen LogP contribution in [0, 0.1) is 0 Å². The first-order valence-electron chi connectivity index (χ1n) is 11.5. The summed E-state index contributed by atoms with van der Waals surface area (Å²) in [6.07, 6.45) is 7.40. The molecule has 0 spiro atoms. The second kappa shape index (κ2) is 6.88. The van der Waals surface area contributed by atoms with Gasteiger partial charge in [0, 0.05) is 43.4 Å². The predicted molar refractivity (Wildman–Crippen MR) is 121 cm³/mol. The van der Waals surface area contributed by atoms with Gasteiger partial charge in [-0.15, -0.1) is 11.3 Å². The number of ether oxygens (including phenoxy) is 1. The number of aromatic amines is 1. The number of nitrogens with one attached hydrogen (secondary N) is 3. The molecule has 31 heavy (non-hydrogen) atoms. The highest BCUT2D eigenvalue weighted by Crippen LogP contribution is 2.43. The van der Waals surface area contributed by atoms with Crippen LogP contribution in [0.4, 0.5) is 17.6 Å². The van der Waals surface area contributed by atoms with Gasteiger partial charge in [-0.05, 0) is 50.0 Å². The fourth-order valence-corrected chi connectivity index (χ4v) is 6.43. The number of piperazine rings is 1. The molecule has 0 aromatic carbocycles. The molecule has 162 valence electrons. The number of fused-ring (bicyclic) bond motifs is 3. The van der Waals surface area contributed by atoms with Crippen LogP contribution >= 0.6 is 11.3 Å². The van der Waals surface area contributed by atoms with E-state index in [0.29, 0.717) is 18.1 Å². The van der Waals surface area contributed by atoms with E-state index in [1.807, 2.05) is 0 Å². The van der Waals surface area contributed by atoms with Gasteiger partial charge in [0.05, 0.1) is 21.9 Å². The van der Waals surface area contributed by atoms with Crippen LogP contribution in [0.25, 0.3) is 10.2 Å². The molecule has 3 aliphatic heterocycles. The zero-order valence-corrected chi connectivity index (χ0v) is 18.2. The molecule has 8 nitrogen and oxygen atoms in total. The van der Waals surface area contributed by atoms with Gasteiger partial charge < -0.3 is 20.3 Å². The molecule has 6 heterocycles. The molecular weight excluding hydrogens is 410 g/mol. The lowest BCUT2D eigenvalue weighted by Crippen LogP contribution is -2.55. The quantitative estimate of drug-likeness (QED) is 0.543. The summed E-state index contributed by atoms with van der Waals surface area (Å²) in [5.74, 6) is 3.16. The second-order valence-electron chi connectivity index (χ2n) is 9.57. The number of anilines is 3. The molecule has 1 aliphatic carbocycles. The summed E-state index contributed by atoms with van der Waals surface area (Å²) in [4.78, 5) is 12.5. The lowest BCUT2D eigenvalue weighted by Gasteiger charge is -2.40. The van der Waals surface area contributed by atoms with Gasteiger partial charge in [0.1, 0.15) is 0 Å². The average Bonchev–Trinajstić information content (AvgIpc) is 3.29. The van der Waals surface area contributed by atoms with E-state index in [1.165, 1.54) is 31.4 Å². The highest BCUT2D eigenvalue weighted by molar-refractivity contribution is 7.17. The lowest BCUT2D eigenvalue weighted by molar-refractivity contribution is 0.0858. The summed E-state index contributed by atoms with van der Waals surface area (Å²) >= 11 is 1.67. The van der Waals surface area contributed by atoms with Crippen molar-refractivity contribution in [3.8, 4) is 0 Å². The Morgan fingerprint density at radius 2 is 2.26 bits per heavy atom. The number of hydrogen-bond donors (Lipinski definition) is 3. The number of thiophene rings is 1. The highest BCUT2D eigenvalue weighted by atomic mass is 32.1. The molecule has 4 aliphatic rings. The Hall–Kier alpha value is -2.23. The van der Waals surface area contributed by atoms with E-state index < -0.39 is 0 Å². The molecule has 3 aromatic heterocycles. The van der Waals surface area contributed by atoms with Crippen molar-refractivity contribution in [3.63, 3.8) is 0 Å². The topological polar surface area (TPSA) is 91.0 Å². The number of aromatic nitrogens is 4. The lowest BCUT2D eigenvalue weighted by atomic mass is 9.90. The highest BCUT2D eigenvalue weighted by Gasteiger charge is 2.53. The molecule has 0 amide bonds. The molecule has 7 rings (SSSR count). The van der Waals surface area contributed by atoms with Crippen LogP contribution in [-0.2, 0) is 4.74 Å². The van der Waals surface area contributed by atoms with Crippen LogP contribution in [0.15, 0.2) is 17.5 Å². The molecule has 3 aromatic rings. The van der Waals surface area contributed by atoms with Crippen molar-refractivity contribution in [2.24, 2.45) is 0 Å². The van der Waals surface area contributed by atoms with E-state index in [0.717, 1.165) is 60.3 Å². The Balaban J connectivity index is 1.23. The molecule has 1 unspecified atom stereocenters. The van der Waals surface area contributed by atoms with Gasteiger partial charge in [0.15, 0.2) is 11.6 Å². The summed E-state index contributed by atoms with van der Waals surface area (Å²) < 4.78 is 7.09. The zero-order valence-electron chi connectivity index (χ0n) is 17.4. The smallest absolute Gasteiger partial charge is 0.228 e. The number of H-pyrrole nitrogens is 1. The summed E-state index contributed by atoms with van der Waals surface area (Å²) in [6, 6.07) is 4.72. The molecule has 2 bridgehead atoms. The maximum absolute atomic E-state index is 6.01. The summed E-state index contributed by atoms with van der Waals surface area (Å²) in [5, 5.41) is 16.9. The zero-order chi connectivity index (χ0) is 20.4. The fraction of sp³-hybridized carbons (Fsp3) is 0.591. The van der Waals surface area contributed by atoms with Crippen molar-refractivity contribution in [1.29, 1.82) is 0 Å². The van der Waals surface area contributed by atoms with Crippen molar-refractivity contribution in [3.05, 3.63) is 23.2 Å². The molecule has 9 heteroatoms. The maximum atomic E-state index is 6.01. The van der Waals surface area contributed by atoms with E-state index in [-0.39, 0.29) is 5.54 Å². The summed E-state index contributed by atoms with van der Waals surface area (Å²) in [6.45, 7) is 2.83. The van der Waals surface area contributed by atoms with Gasteiger partial charge >= 0.3 is 0 Å². The largest absolute Gasteiger partial charge is 0.378 e. The average molecular weight is 438 g/mol. The Morgan fingerprint density at radius 1 is 1.29 bits per heavy atom. The Morgan fingerprint density at radius 3 is 3.10 bits per heavy atom. The van der Waals surface area contributed by atoms with Gasteiger partial charge in [-0.1, -0.05) is 0 Å². The third-order valence-corrected chi connectivity index (χ3v) is 8.26. The minimum absolute atomic E-state index is 0.0477. The SMILES string of the molecule is c1cc2nc(N3C[C@@H]4C[C@]3(CC3CCCO3)CN4)nc(Nc3cc(C4CC4)[nH]n3)c2s1. The molecule has 3 saturated heterocycles. The van der Waals surface area contributed by atoms with Crippen LogP contribution in [0.3, 0.4) is 0 Å². The number of rotatable bonds is 6. The van der Waals surface area contributed by atoms with Gasteiger partial charge in [0.2, 0.25) is 5.95 Å². The van der Waals surface area contributed by atoms with Crippen molar-refractivity contribution in [1.82, 2.24) is 25.5 Å². The molecule has 0 radical (unpaired) electrons. The molecule has 4 fully saturated rings. The van der Waals surface area contributed by atoms with Gasteiger partial charge in [0.25, 0.3) is 0 Å². The maximum Gasteiger partial charge on any atom is 0.228 e. The van der Waals surface area contributed by atoms with E-state index in [2.05, 4.69) is 43.2 Å².